The van der Waals surface area contributed by atoms with E-state index in [0.29, 0.717) is 28.0 Å². The van der Waals surface area contributed by atoms with Gasteiger partial charge >= 0.3 is 0 Å². The summed E-state index contributed by atoms with van der Waals surface area (Å²) in [6.45, 7) is 0. The summed E-state index contributed by atoms with van der Waals surface area (Å²) >= 11 is 0. The lowest BCUT2D eigenvalue weighted by molar-refractivity contribution is 0.399. The third kappa shape index (κ3) is 4.09. The first-order valence-corrected chi connectivity index (χ1v) is 10.5. The molecule has 0 unspecified atom stereocenters. The molecular weight excluding hydrogens is 398 g/mol. The zero-order chi connectivity index (χ0) is 21.0. The summed E-state index contributed by atoms with van der Waals surface area (Å²) in [5.74, 6) is 6.34. The van der Waals surface area contributed by atoms with Crippen molar-refractivity contribution in [1.82, 2.24) is 9.97 Å². The molecule has 30 heavy (non-hydrogen) atoms. The fourth-order valence-corrected chi connectivity index (χ4v) is 4.14. The summed E-state index contributed by atoms with van der Waals surface area (Å²) in [4.78, 5) is 8.42. The van der Waals surface area contributed by atoms with Crippen molar-refractivity contribution in [3.63, 3.8) is 0 Å². The normalized spacial score (nSPS) is 10.8. The second-order valence-electron chi connectivity index (χ2n) is 6.32. The molecule has 0 aliphatic rings. The van der Waals surface area contributed by atoms with Crippen LogP contribution < -0.4 is 9.46 Å². The number of hydrogen-bond acceptors (Lipinski definition) is 5. The Morgan fingerprint density at radius 1 is 0.933 bits per heavy atom. The lowest BCUT2D eigenvalue weighted by Gasteiger charge is -2.12. The Balaban J connectivity index is 1.74. The van der Waals surface area contributed by atoms with E-state index in [4.69, 9.17) is 4.74 Å². The second-order valence-corrected chi connectivity index (χ2v) is 7.98. The maximum atomic E-state index is 13.2. The van der Waals surface area contributed by atoms with Crippen LogP contribution in [0.5, 0.6) is 5.88 Å². The van der Waals surface area contributed by atoms with Crippen LogP contribution >= 0.6 is 0 Å². The molecule has 2 heterocycles. The molecule has 0 spiro atoms. The Morgan fingerprint density at radius 3 is 2.60 bits per heavy atom. The second kappa shape index (κ2) is 8.23. The Morgan fingerprint density at radius 2 is 1.80 bits per heavy atom. The topological polar surface area (TPSA) is 81.2 Å². The first-order chi connectivity index (χ1) is 14.6. The van der Waals surface area contributed by atoms with Crippen molar-refractivity contribution in [3.8, 4) is 17.7 Å². The highest BCUT2D eigenvalue weighted by molar-refractivity contribution is 7.93. The molecule has 0 atom stereocenters. The van der Waals surface area contributed by atoms with E-state index in [2.05, 4.69) is 26.5 Å². The van der Waals surface area contributed by atoms with Crippen molar-refractivity contribution in [2.45, 2.75) is 4.90 Å². The minimum Gasteiger partial charge on any atom is -0.481 e. The highest BCUT2D eigenvalue weighted by Gasteiger charge is 2.20. The quantitative estimate of drug-likeness (QED) is 0.512. The van der Waals surface area contributed by atoms with E-state index in [0.717, 1.165) is 5.56 Å². The van der Waals surface area contributed by atoms with Gasteiger partial charge in [0.15, 0.2) is 0 Å². The molecule has 0 fully saturated rings. The van der Waals surface area contributed by atoms with Gasteiger partial charge in [0.2, 0.25) is 5.88 Å². The molecule has 2 aromatic carbocycles. The van der Waals surface area contributed by atoms with E-state index in [9.17, 15) is 8.42 Å². The van der Waals surface area contributed by atoms with Gasteiger partial charge in [-0.25, -0.2) is 13.4 Å². The molecule has 0 amide bonds. The van der Waals surface area contributed by atoms with Crippen LogP contribution in [0.15, 0.2) is 84.0 Å². The number of ether oxygens (including phenoxy) is 1. The molecule has 7 heteroatoms. The average molecular weight is 415 g/mol. The minimum atomic E-state index is -3.92. The van der Waals surface area contributed by atoms with Gasteiger partial charge in [-0.2, -0.15) is 0 Å². The van der Waals surface area contributed by atoms with Gasteiger partial charge in [-0.15, -0.1) is 0 Å². The van der Waals surface area contributed by atoms with Crippen LogP contribution in [0.1, 0.15) is 11.1 Å². The smallest absolute Gasteiger partial charge is 0.264 e. The monoisotopic (exact) mass is 415 g/mol. The average Bonchev–Trinajstić information content (AvgIpc) is 2.78. The number of nitrogens with zero attached hydrogens (tertiary/aromatic N) is 2. The summed E-state index contributed by atoms with van der Waals surface area (Å²) in [5, 5.41) is 0.698. The number of anilines is 1. The van der Waals surface area contributed by atoms with Crippen LogP contribution in [0.3, 0.4) is 0 Å². The largest absolute Gasteiger partial charge is 0.481 e. The standard InChI is InChI=1S/C23H17N3O3S/c1-29-22-14-13-19-8-4-10-21(23(19)25-22)30(27,28)26-20-9-3-2-7-18(20)12-11-17-6-5-15-24-16-17/h2-10,13-16,26H,1H3. The molecule has 148 valence electrons. The maximum absolute atomic E-state index is 13.2. The molecule has 0 aliphatic heterocycles. The van der Waals surface area contributed by atoms with Gasteiger partial charge in [0, 0.05) is 35.0 Å². The van der Waals surface area contributed by atoms with Crippen LogP contribution in [-0.2, 0) is 10.0 Å². The van der Waals surface area contributed by atoms with Gasteiger partial charge in [0.05, 0.1) is 18.3 Å². The summed E-state index contributed by atoms with van der Waals surface area (Å²) in [6.07, 6.45) is 3.31. The Hall–Kier alpha value is -3.89. The number of benzene rings is 2. The summed E-state index contributed by atoms with van der Waals surface area (Å²) in [7, 11) is -2.43. The van der Waals surface area contributed by atoms with Gasteiger partial charge in [-0.1, -0.05) is 36.1 Å². The molecule has 4 rings (SSSR count). The van der Waals surface area contributed by atoms with Crippen LogP contribution in [0.25, 0.3) is 10.9 Å². The number of pyridine rings is 2. The van der Waals surface area contributed by atoms with Gasteiger partial charge in [-0.05, 0) is 36.4 Å². The number of fused-ring (bicyclic) bond motifs is 1. The van der Waals surface area contributed by atoms with Gasteiger partial charge in [-0.3, -0.25) is 9.71 Å². The number of para-hydroxylation sites is 2. The fraction of sp³-hybridized carbons (Fsp3) is 0.0435. The fourth-order valence-electron chi connectivity index (χ4n) is 2.89. The molecule has 4 aromatic rings. The molecule has 2 aromatic heterocycles. The number of hydrogen-bond donors (Lipinski definition) is 1. The molecular formula is C23H17N3O3S. The number of sulfonamides is 1. The molecule has 1 N–H and O–H groups in total. The molecule has 0 bridgehead atoms. The van der Waals surface area contributed by atoms with Crippen molar-refractivity contribution in [1.29, 1.82) is 0 Å². The summed E-state index contributed by atoms with van der Waals surface area (Å²) in [6, 6.07) is 19.1. The van der Waals surface area contributed by atoms with Crippen molar-refractivity contribution < 1.29 is 13.2 Å². The van der Waals surface area contributed by atoms with Crippen LogP contribution in [0.2, 0.25) is 0 Å². The molecule has 6 nitrogen and oxygen atoms in total. The predicted octanol–water partition coefficient (Wildman–Crippen LogP) is 3.84. The number of aromatic nitrogens is 2. The van der Waals surface area contributed by atoms with Gasteiger partial charge in [0.1, 0.15) is 4.90 Å². The van der Waals surface area contributed by atoms with Crippen LogP contribution in [0.4, 0.5) is 5.69 Å². The zero-order valence-electron chi connectivity index (χ0n) is 16.0. The first-order valence-electron chi connectivity index (χ1n) is 9.04. The Labute approximate surface area is 174 Å². The summed E-state index contributed by atoms with van der Waals surface area (Å²) in [5.41, 5.74) is 2.01. The van der Waals surface area contributed by atoms with E-state index in [1.165, 1.54) is 13.2 Å². The van der Waals surface area contributed by atoms with Crippen molar-refractivity contribution in [3.05, 3.63) is 90.3 Å². The zero-order valence-corrected chi connectivity index (χ0v) is 16.8. The first kappa shape index (κ1) is 19.4. The highest BCUT2D eigenvalue weighted by Crippen LogP contribution is 2.26. The summed E-state index contributed by atoms with van der Waals surface area (Å²) < 4.78 is 34.2. The van der Waals surface area contributed by atoms with E-state index < -0.39 is 10.0 Å². The van der Waals surface area contributed by atoms with Crippen molar-refractivity contribution in [2.75, 3.05) is 11.8 Å². The maximum Gasteiger partial charge on any atom is 0.264 e. The Bertz CT molecular complexity index is 1380. The van der Waals surface area contributed by atoms with E-state index in [1.54, 1.807) is 67.0 Å². The van der Waals surface area contributed by atoms with E-state index in [1.807, 2.05) is 6.07 Å². The third-order valence-electron chi connectivity index (χ3n) is 4.33. The third-order valence-corrected chi connectivity index (χ3v) is 5.73. The molecule has 0 saturated heterocycles. The van der Waals surface area contributed by atoms with Gasteiger partial charge < -0.3 is 4.74 Å². The number of nitrogens with one attached hydrogen (secondary N) is 1. The van der Waals surface area contributed by atoms with Crippen molar-refractivity contribution in [2.24, 2.45) is 0 Å². The number of rotatable bonds is 4. The number of methoxy groups -OCH3 is 1. The van der Waals surface area contributed by atoms with Gasteiger partial charge in [0.25, 0.3) is 10.0 Å². The minimum absolute atomic E-state index is 0.0638. The molecule has 0 radical (unpaired) electrons. The van der Waals surface area contributed by atoms with Crippen LogP contribution in [0, 0.1) is 11.8 Å². The van der Waals surface area contributed by atoms with Crippen LogP contribution in [-0.4, -0.2) is 25.5 Å². The van der Waals surface area contributed by atoms with E-state index >= 15 is 0 Å². The Kier molecular flexibility index (Phi) is 5.33. The lowest BCUT2D eigenvalue weighted by atomic mass is 10.2. The predicted molar refractivity (Wildman–Crippen MR) is 116 cm³/mol. The molecule has 0 aliphatic carbocycles. The molecule has 0 saturated carbocycles. The highest BCUT2D eigenvalue weighted by atomic mass is 32.2. The van der Waals surface area contributed by atoms with E-state index in [-0.39, 0.29) is 4.90 Å². The SMILES string of the molecule is COc1ccc2cccc(S(=O)(=O)Nc3ccccc3C#Cc3cccnc3)c2n1. The lowest BCUT2D eigenvalue weighted by Crippen LogP contribution is -2.14. The van der Waals surface area contributed by atoms with Crippen molar-refractivity contribution >= 4 is 26.6 Å².